The first kappa shape index (κ1) is 10.8. The van der Waals surface area contributed by atoms with E-state index in [1.165, 1.54) is 6.33 Å². The molecule has 0 radical (unpaired) electrons. The van der Waals surface area contributed by atoms with Crippen molar-refractivity contribution in [2.24, 2.45) is 0 Å². The van der Waals surface area contributed by atoms with Crippen LogP contribution in [0.3, 0.4) is 0 Å². The van der Waals surface area contributed by atoms with Crippen molar-refractivity contribution in [2.45, 2.75) is 6.92 Å². The largest absolute Gasteiger partial charge is 0.319 e. The Balaban J connectivity index is 2.21. The van der Waals surface area contributed by atoms with Crippen molar-refractivity contribution in [2.75, 3.05) is 5.32 Å². The number of aryl methyl sites for hydroxylation is 1. The van der Waals surface area contributed by atoms with Crippen LogP contribution in [0.4, 0.5) is 5.69 Å². The highest BCUT2D eigenvalue weighted by Crippen LogP contribution is 2.20. The number of amides is 1. The molecule has 0 bridgehead atoms. The standard InChI is InChI=1S/C10H9BrN4O/c1-6-2-3-7(11)4-8(6)14-10(16)9-12-5-13-15-9/h2-5H,1H3,(H,14,16)(H,12,13,15). The molecule has 2 rings (SSSR count). The number of aromatic nitrogens is 3. The van der Waals surface area contributed by atoms with E-state index in [4.69, 9.17) is 0 Å². The minimum Gasteiger partial charge on any atom is -0.319 e. The number of anilines is 1. The SMILES string of the molecule is Cc1ccc(Br)cc1NC(=O)c1ncn[nH]1. The number of nitrogens with zero attached hydrogens (tertiary/aromatic N) is 2. The van der Waals surface area contributed by atoms with Gasteiger partial charge in [0.25, 0.3) is 5.91 Å². The van der Waals surface area contributed by atoms with Gasteiger partial charge < -0.3 is 5.32 Å². The van der Waals surface area contributed by atoms with E-state index in [0.29, 0.717) is 0 Å². The van der Waals surface area contributed by atoms with Gasteiger partial charge in [-0.15, -0.1) is 0 Å². The number of hydrogen-bond acceptors (Lipinski definition) is 3. The monoisotopic (exact) mass is 280 g/mol. The number of hydrogen-bond donors (Lipinski definition) is 2. The van der Waals surface area contributed by atoms with Crippen LogP contribution in [-0.4, -0.2) is 21.1 Å². The molecule has 1 aromatic carbocycles. The molecule has 0 spiro atoms. The molecule has 0 unspecified atom stereocenters. The van der Waals surface area contributed by atoms with Crippen molar-refractivity contribution >= 4 is 27.5 Å². The Morgan fingerprint density at radius 3 is 3.00 bits per heavy atom. The van der Waals surface area contributed by atoms with Crippen LogP contribution in [0.1, 0.15) is 16.2 Å². The topological polar surface area (TPSA) is 70.7 Å². The summed E-state index contributed by atoms with van der Waals surface area (Å²) in [7, 11) is 0. The third kappa shape index (κ3) is 2.27. The molecule has 0 saturated carbocycles. The maximum absolute atomic E-state index is 11.7. The molecule has 0 atom stereocenters. The van der Waals surface area contributed by atoms with E-state index >= 15 is 0 Å². The van der Waals surface area contributed by atoms with Crippen LogP contribution in [0.2, 0.25) is 0 Å². The highest BCUT2D eigenvalue weighted by atomic mass is 79.9. The zero-order chi connectivity index (χ0) is 11.5. The molecule has 1 aromatic heterocycles. The summed E-state index contributed by atoms with van der Waals surface area (Å²) in [5, 5.41) is 8.88. The molecule has 1 heterocycles. The molecular formula is C10H9BrN4O. The van der Waals surface area contributed by atoms with Gasteiger partial charge in [0.1, 0.15) is 6.33 Å². The number of aromatic amines is 1. The van der Waals surface area contributed by atoms with Gasteiger partial charge in [0.2, 0.25) is 5.82 Å². The van der Waals surface area contributed by atoms with Crippen LogP contribution >= 0.6 is 15.9 Å². The molecular weight excluding hydrogens is 272 g/mol. The lowest BCUT2D eigenvalue weighted by Gasteiger charge is -2.06. The maximum Gasteiger partial charge on any atom is 0.292 e. The Labute approximate surface area is 100 Å². The highest BCUT2D eigenvalue weighted by molar-refractivity contribution is 9.10. The van der Waals surface area contributed by atoms with E-state index in [-0.39, 0.29) is 11.7 Å². The van der Waals surface area contributed by atoms with E-state index in [1.54, 1.807) is 0 Å². The van der Waals surface area contributed by atoms with Crippen molar-refractivity contribution in [3.63, 3.8) is 0 Å². The molecule has 0 saturated heterocycles. The first-order chi connectivity index (χ1) is 7.66. The fraction of sp³-hybridized carbons (Fsp3) is 0.100. The van der Waals surface area contributed by atoms with Gasteiger partial charge in [-0.05, 0) is 24.6 Å². The predicted molar refractivity (Wildman–Crippen MR) is 63.2 cm³/mol. The molecule has 2 aromatic rings. The molecule has 0 aliphatic carbocycles. The molecule has 16 heavy (non-hydrogen) atoms. The summed E-state index contributed by atoms with van der Waals surface area (Å²) in [6, 6.07) is 5.67. The zero-order valence-corrected chi connectivity index (χ0v) is 10.1. The van der Waals surface area contributed by atoms with Gasteiger partial charge in [-0.25, -0.2) is 4.98 Å². The van der Waals surface area contributed by atoms with Gasteiger partial charge in [0.15, 0.2) is 0 Å². The predicted octanol–water partition coefficient (Wildman–Crippen LogP) is 2.13. The maximum atomic E-state index is 11.7. The van der Waals surface area contributed by atoms with Crippen molar-refractivity contribution in [1.29, 1.82) is 0 Å². The average molecular weight is 281 g/mol. The van der Waals surface area contributed by atoms with E-state index in [1.807, 2.05) is 25.1 Å². The summed E-state index contributed by atoms with van der Waals surface area (Å²) in [5.74, 6) is -0.113. The van der Waals surface area contributed by atoms with Gasteiger partial charge in [-0.1, -0.05) is 22.0 Å². The van der Waals surface area contributed by atoms with Crippen LogP contribution in [0.25, 0.3) is 0 Å². The molecule has 2 N–H and O–H groups in total. The Morgan fingerprint density at radius 2 is 2.31 bits per heavy atom. The fourth-order valence-electron chi connectivity index (χ4n) is 1.23. The minimum atomic E-state index is -0.307. The lowest BCUT2D eigenvalue weighted by molar-refractivity contribution is 0.101. The molecule has 0 aliphatic rings. The second-order valence-electron chi connectivity index (χ2n) is 3.25. The van der Waals surface area contributed by atoms with Crippen LogP contribution in [0.15, 0.2) is 29.0 Å². The summed E-state index contributed by atoms with van der Waals surface area (Å²) in [6.45, 7) is 1.92. The summed E-state index contributed by atoms with van der Waals surface area (Å²) in [4.78, 5) is 15.5. The number of carbonyl (C=O) groups excluding carboxylic acids is 1. The number of rotatable bonds is 2. The molecule has 0 fully saturated rings. The zero-order valence-electron chi connectivity index (χ0n) is 8.49. The summed E-state index contributed by atoms with van der Waals surface area (Å²) < 4.78 is 0.908. The number of halogens is 1. The Hall–Kier alpha value is -1.69. The second-order valence-corrected chi connectivity index (χ2v) is 4.16. The van der Waals surface area contributed by atoms with E-state index in [2.05, 4.69) is 36.4 Å². The normalized spacial score (nSPS) is 10.1. The summed E-state index contributed by atoms with van der Waals surface area (Å²) in [5.41, 5.74) is 1.73. The number of H-pyrrole nitrogens is 1. The molecule has 6 heteroatoms. The number of carbonyl (C=O) groups is 1. The second kappa shape index (κ2) is 4.44. The van der Waals surface area contributed by atoms with Crippen LogP contribution in [0, 0.1) is 6.92 Å². The van der Waals surface area contributed by atoms with Crippen molar-refractivity contribution in [3.8, 4) is 0 Å². The van der Waals surface area contributed by atoms with Crippen LogP contribution < -0.4 is 5.32 Å². The summed E-state index contributed by atoms with van der Waals surface area (Å²) >= 11 is 3.35. The quantitative estimate of drug-likeness (QED) is 0.885. The van der Waals surface area contributed by atoms with E-state index < -0.39 is 0 Å². The Morgan fingerprint density at radius 1 is 1.50 bits per heavy atom. The third-order valence-electron chi connectivity index (χ3n) is 2.08. The fourth-order valence-corrected chi connectivity index (χ4v) is 1.59. The lowest BCUT2D eigenvalue weighted by Crippen LogP contribution is -2.14. The molecule has 82 valence electrons. The van der Waals surface area contributed by atoms with E-state index in [0.717, 1.165) is 15.7 Å². The van der Waals surface area contributed by atoms with Crippen molar-refractivity contribution in [3.05, 3.63) is 40.4 Å². The minimum absolute atomic E-state index is 0.194. The van der Waals surface area contributed by atoms with Gasteiger partial charge in [0.05, 0.1) is 0 Å². The smallest absolute Gasteiger partial charge is 0.292 e. The summed E-state index contributed by atoms with van der Waals surface area (Å²) in [6.07, 6.45) is 1.29. The van der Waals surface area contributed by atoms with Crippen LogP contribution in [0.5, 0.6) is 0 Å². The molecule has 1 amide bonds. The van der Waals surface area contributed by atoms with Crippen molar-refractivity contribution in [1.82, 2.24) is 15.2 Å². The molecule has 0 aliphatic heterocycles. The number of nitrogens with one attached hydrogen (secondary N) is 2. The first-order valence-electron chi connectivity index (χ1n) is 4.59. The van der Waals surface area contributed by atoms with Gasteiger partial charge in [-0.3, -0.25) is 9.89 Å². The van der Waals surface area contributed by atoms with Gasteiger partial charge in [-0.2, -0.15) is 5.10 Å². The average Bonchev–Trinajstić information content (AvgIpc) is 2.76. The van der Waals surface area contributed by atoms with E-state index in [9.17, 15) is 4.79 Å². The van der Waals surface area contributed by atoms with Gasteiger partial charge >= 0.3 is 0 Å². The Bertz CT molecular complexity index is 510. The van der Waals surface area contributed by atoms with Gasteiger partial charge in [0, 0.05) is 10.2 Å². The van der Waals surface area contributed by atoms with Crippen molar-refractivity contribution < 1.29 is 4.79 Å². The Kier molecular flexibility index (Phi) is 3.00. The molecule has 5 nitrogen and oxygen atoms in total. The lowest BCUT2D eigenvalue weighted by atomic mass is 10.2. The number of benzene rings is 1. The third-order valence-corrected chi connectivity index (χ3v) is 2.57. The highest BCUT2D eigenvalue weighted by Gasteiger charge is 2.10. The first-order valence-corrected chi connectivity index (χ1v) is 5.39. The van der Waals surface area contributed by atoms with Crippen LogP contribution in [-0.2, 0) is 0 Å².